The van der Waals surface area contributed by atoms with Crippen molar-refractivity contribution >= 4 is 23.9 Å². The van der Waals surface area contributed by atoms with E-state index in [-0.39, 0.29) is 24.1 Å². The van der Waals surface area contributed by atoms with Crippen LogP contribution in [0.5, 0.6) is 11.5 Å². The van der Waals surface area contributed by atoms with Gasteiger partial charge >= 0.3 is 5.97 Å². The summed E-state index contributed by atoms with van der Waals surface area (Å²) >= 11 is 0. The smallest absolute Gasteiger partial charge is 0.363 e. The van der Waals surface area contributed by atoms with Gasteiger partial charge in [0.25, 0.3) is 5.91 Å². The van der Waals surface area contributed by atoms with E-state index < -0.39 is 5.97 Å². The number of rotatable bonds is 9. The van der Waals surface area contributed by atoms with E-state index in [9.17, 15) is 9.59 Å². The summed E-state index contributed by atoms with van der Waals surface area (Å²) in [6.45, 7) is 2.54. The van der Waals surface area contributed by atoms with Crippen molar-refractivity contribution in [3.05, 3.63) is 101 Å². The van der Waals surface area contributed by atoms with Crippen LogP contribution in [0.3, 0.4) is 0 Å². The number of hydrogen-bond donors (Lipinski definition) is 1. The Kier molecular flexibility index (Phi) is 7.35. The zero-order valence-corrected chi connectivity index (χ0v) is 18.7. The van der Waals surface area contributed by atoms with Gasteiger partial charge in [-0.25, -0.2) is 9.79 Å². The Morgan fingerprint density at radius 1 is 0.971 bits per heavy atom. The van der Waals surface area contributed by atoms with Crippen molar-refractivity contribution in [2.75, 3.05) is 13.2 Å². The molecular weight excluding hydrogens is 432 g/mol. The van der Waals surface area contributed by atoms with Crippen LogP contribution in [0.15, 0.2) is 89.6 Å². The number of benzene rings is 3. The van der Waals surface area contributed by atoms with E-state index in [1.165, 1.54) is 0 Å². The Balaban J connectivity index is 1.43. The summed E-state index contributed by atoms with van der Waals surface area (Å²) in [4.78, 5) is 28.8. The second-order valence-electron chi connectivity index (χ2n) is 7.39. The third-order valence-electron chi connectivity index (χ3n) is 4.90. The number of nitrogens with one attached hydrogen (secondary N) is 1. The van der Waals surface area contributed by atoms with Crippen molar-refractivity contribution in [2.45, 2.75) is 13.5 Å². The number of ether oxygens (including phenoxy) is 3. The molecule has 0 saturated carbocycles. The molecule has 0 aromatic heterocycles. The number of hydrogen-bond acceptors (Lipinski definition) is 6. The van der Waals surface area contributed by atoms with Crippen molar-refractivity contribution < 1.29 is 23.8 Å². The monoisotopic (exact) mass is 456 g/mol. The van der Waals surface area contributed by atoms with E-state index >= 15 is 0 Å². The average Bonchev–Trinajstić information content (AvgIpc) is 3.23. The first-order valence-electron chi connectivity index (χ1n) is 10.9. The van der Waals surface area contributed by atoms with Crippen molar-refractivity contribution in [1.29, 1.82) is 0 Å². The number of carbonyl (C=O) groups is 2. The molecule has 1 N–H and O–H groups in total. The lowest BCUT2D eigenvalue weighted by Gasteiger charge is -2.13. The van der Waals surface area contributed by atoms with Crippen LogP contribution in [0.2, 0.25) is 0 Å². The van der Waals surface area contributed by atoms with Crippen LogP contribution >= 0.6 is 0 Å². The maximum absolute atomic E-state index is 12.3. The van der Waals surface area contributed by atoms with E-state index in [0.29, 0.717) is 30.2 Å². The quantitative estimate of drug-likeness (QED) is 0.387. The summed E-state index contributed by atoms with van der Waals surface area (Å²) in [5.74, 6) is 0.400. The number of amides is 1. The minimum Gasteiger partial charge on any atom is -0.490 e. The Morgan fingerprint density at radius 3 is 2.44 bits per heavy atom. The number of aliphatic imine (C=N–C) groups is 1. The summed E-state index contributed by atoms with van der Waals surface area (Å²) in [5, 5.41) is 2.82. The predicted molar refractivity (Wildman–Crippen MR) is 128 cm³/mol. The third kappa shape index (κ3) is 5.89. The summed E-state index contributed by atoms with van der Waals surface area (Å²) < 4.78 is 16.7. The maximum Gasteiger partial charge on any atom is 0.363 e. The molecule has 7 nitrogen and oxygen atoms in total. The van der Waals surface area contributed by atoms with E-state index in [2.05, 4.69) is 10.3 Å². The Hall–Kier alpha value is -4.39. The van der Waals surface area contributed by atoms with Gasteiger partial charge in [0.2, 0.25) is 5.90 Å². The molecule has 0 saturated heterocycles. The molecule has 4 rings (SSSR count). The van der Waals surface area contributed by atoms with Gasteiger partial charge in [0.05, 0.1) is 6.61 Å². The van der Waals surface area contributed by atoms with Crippen LogP contribution in [0.1, 0.15) is 23.6 Å². The van der Waals surface area contributed by atoms with Crippen LogP contribution in [0, 0.1) is 0 Å². The highest BCUT2D eigenvalue weighted by Crippen LogP contribution is 2.30. The topological polar surface area (TPSA) is 86.2 Å². The molecule has 1 aliphatic rings. The number of carbonyl (C=O) groups excluding carboxylic acids is 2. The van der Waals surface area contributed by atoms with Crippen molar-refractivity contribution in [1.82, 2.24) is 5.32 Å². The van der Waals surface area contributed by atoms with Crippen LogP contribution < -0.4 is 14.8 Å². The van der Waals surface area contributed by atoms with Gasteiger partial charge < -0.3 is 19.5 Å². The molecular formula is C27H24N2O5. The van der Waals surface area contributed by atoms with Gasteiger partial charge in [-0.3, -0.25) is 4.79 Å². The zero-order valence-electron chi connectivity index (χ0n) is 18.7. The van der Waals surface area contributed by atoms with Gasteiger partial charge in [-0.05, 0) is 48.4 Å². The lowest BCUT2D eigenvalue weighted by Crippen LogP contribution is -2.28. The van der Waals surface area contributed by atoms with Crippen LogP contribution in [0.4, 0.5) is 0 Å². The van der Waals surface area contributed by atoms with Crippen molar-refractivity contribution in [3.63, 3.8) is 0 Å². The van der Waals surface area contributed by atoms with Gasteiger partial charge in [-0.15, -0.1) is 0 Å². The lowest BCUT2D eigenvalue weighted by atomic mass is 10.1. The highest BCUT2D eigenvalue weighted by molar-refractivity contribution is 6.12. The molecule has 1 aliphatic heterocycles. The molecule has 0 fully saturated rings. The molecule has 0 radical (unpaired) electrons. The van der Waals surface area contributed by atoms with Crippen LogP contribution in [0.25, 0.3) is 6.08 Å². The first-order chi connectivity index (χ1) is 16.6. The maximum atomic E-state index is 12.3. The van der Waals surface area contributed by atoms with Crippen LogP contribution in [-0.2, 0) is 20.9 Å². The van der Waals surface area contributed by atoms with E-state index in [4.69, 9.17) is 14.2 Å². The second-order valence-corrected chi connectivity index (χ2v) is 7.39. The first kappa shape index (κ1) is 22.8. The molecule has 0 spiro atoms. The van der Waals surface area contributed by atoms with Crippen molar-refractivity contribution in [2.24, 2.45) is 4.99 Å². The van der Waals surface area contributed by atoms with E-state index in [1.54, 1.807) is 24.3 Å². The zero-order chi connectivity index (χ0) is 23.8. The Morgan fingerprint density at radius 2 is 1.71 bits per heavy atom. The lowest BCUT2D eigenvalue weighted by molar-refractivity contribution is -0.130. The summed E-state index contributed by atoms with van der Waals surface area (Å²) in [5.41, 5.74) is 2.61. The minimum absolute atomic E-state index is 0.148. The molecule has 0 atom stereocenters. The fraction of sp³-hybridized carbons (Fsp3) is 0.148. The predicted octanol–water partition coefficient (Wildman–Crippen LogP) is 4.13. The van der Waals surface area contributed by atoms with E-state index in [1.807, 2.05) is 67.6 Å². The normalized spacial score (nSPS) is 13.9. The molecule has 0 aliphatic carbocycles. The van der Waals surface area contributed by atoms with Gasteiger partial charge in [-0.2, -0.15) is 0 Å². The summed E-state index contributed by atoms with van der Waals surface area (Å²) in [6.07, 6.45) is 1.62. The van der Waals surface area contributed by atoms with Gasteiger partial charge in [0.15, 0.2) is 23.8 Å². The fourth-order valence-electron chi connectivity index (χ4n) is 3.26. The van der Waals surface area contributed by atoms with Gasteiger partial charge in [0.1, 0.15) is 0 Å². The molecule has 172 valence electrons. The second kappa shape index (κ2) is 11.0. The molecule has 3 aromatic rings. The molecule has 34 heavy (non-hydrogen) atoms. The number of esters is 1. The summed E-state index contributed by atoms with van der Waals surface area (Å²) in [7, 11) is 0. The number of cyclic esters (lactones) is 1. The van der Waals surface area contributed by atoms with Gasteiger partial charge in [0, 0.05) is 12.1 Å². The Bertz CT molecular complexity index is 1220. The minimum atomic E-state index is -0.521. The number of nitrogens with zero attached hydrogens (tertiary/aromatic N) is 1. The highest BCUT2D eigenvalue weighted by atomic mass is 16.6. The molecule has 0 bridgehead atoms. The fourth-order valence-corrected chi connectivity index (χ4v) is 3.26. The average molecular weight is 456 g/mol. The third-order valence-corrected chi connectivity index (χ3v) is 4.90. The molecule has 1 amide bonds. The largest absolute Gasteiger partial charge is 0.490 e. The van der Waals surface area contributed by atoms with Crippen molar-refractivity contribution in [3.8, 4) is 11.5 Å². The molecule has 1 heterocycles. The Labute approximate surface area is 197 Å². The molecule has 3 aromatic carbocycles. The molecule has 0 unspecified atom stereocenters. The first-order valence-corrected chi connectivity index (χ1v) is 10.9. The van der Waals surface area contributed by atoms with Crippen LogP contribution in [-0.4, -0.2) is 31.0 Å². The highest BCUT2D eigenvalue weighted by Gasteiger charge is 2.24. The summed E-state index contributed by atoms with van der Waals surface area (Å²) in [6, 6.07) is 24.1. The van der Waals surface area contributed by atoms with Gasteiger partial charge in [-0.1, -0.05) is 54.6 Å². The standard InChI is InChI=1S/C27H24N2O5/c1-2-32-24-16-20(15-22-27(31)34-26(29-22)21-11-7-4-8-12-21)13-14-23(24)33-18-25(30)28-17-19-9-5-3-6-10-19/h3-16H,2,17-18H2,1H3,(H,28,30)/b22-15+. The van der Waals surface area contributed by atoms with E-state index in [0.717, 1.165) is 11.1 Å². The molecule has 7 heteroatoms. The SMILES string of the molecule is CCOc1cc(/C=C2/N=C(c3ccccc3)OC2=O)ccc1OCC(=O)NCc1ccccc1.